The molecule has 0 atom stereocenters. The Labute approximate surface area is 181 Å². The number of hydrogen-bond donors (Lipinski definition) is 1. The monoisotopic (exact) mass is 414 g/mol. The van der Waals surface area contributed by atoms with E-state index in [2.05, 4.69) is 5.32 Å². The van der Waals surface area contributed by atoms with Gasteiger partial charge in [0.05, 0.1) is 11.4 Å². The summed E-state index contributed by atoms with van der Waals surface area (Å²) in [5, 5.41) is 8.61. The third-order valence-electron chi connectivity index (χ3n) is 5.60. The van der Waals surface area contributed by atoms with E-state index in [1.165, 1.54) is 0 Å². The van der Waals surface area contributed by atoms with Crippen molar-refractivity contribution in [3.63, 3.8) is 0 Å². The van der Waals surface area contributed by atoms with E-state index in [1.807, 2.05) is 86.1 Å². The molecular formula is C25H26N4O2. The number of carbonyl (C=O) groups is 1. The lowest BCUT2D eigenvalue weighted by molar-refractivity contribution is -0.116. The molecule has 4 rings (SSSR count). The molecule has 0 spiro atoms. The highest BCUT2D eigenvalue weighted by molar-refractivity contribution is 5.91. The summed E-state index contributed by atoms with van der Waals surface area (Å²) in [5.41, 5.74) is 4.85. The maximum atomic E-state index is 13.4. The lowest BCUT2D eigenvalue weighted by Crippen LogP contribution is -2.27. The number of nitrogens with one attached hydrogen (secondary N) is 1. The van der Waals surface area contributed by atoms with Gasteiger partial charge in [0, 0.05) is 29.6 Å². The van der Waals surface area contributed by atoms with E-state index in [9.17, 15) is 9.59 Å². The minimum atomic E-state index is -0.107. The van der Waals surface area contributed by atoms with E-state index < -0.39 is 0 Å². The van der Waals surface area contributed by atoms with Crippen LogP contribution in [-0.2, 0) is 17.8 Å². The Morgan fingerprint density at radius 1 is 1.00 bits per heavy atom. The van der Waals surface area contributed by atoms with Gasteiger partial charge in [0.25, 0.3) is 5.56 Å². The molecule has 0 bridgehead atoms. The average molecular weight is 415 g/mol. The molecule has 0 aliphatic rings. The molecular weight excluding hydrogens is 388 g/mol. The predicted molar refractivity (Wildman–Crippen MR) is 124 cm³/mol. The van der Waals surface area contributed by atoms with Gasteiger partial charge in [-0.3, -0.25) is 14.2 Å². The first kappa shape index (κ1) is 20.6. The summed E-state index contributed by atoms with van der Waals surface area (Å²) >= 11 is 0. The zero-order chi connectivity index (χ0) is 22.0. The van der Waals surface area contributed by atoms with Gasteiger partial charge in [-0.15, -0.1) is 0 Å². The molecule has 6 heteroatoms. The van der Waals surface area contributed by atoms with Gasteiger partial charge >= 0.3 is 0 Å². The molecule has 0 aliphatic heterocycles. The first-order chi connectivity index (χ1) is 15.0. The maximum Gasteiger partial charge on any atom is 0.255 e. The van der Waals surface area contributed by atoms with E-state index in [0.717, 1.165) is 33.7 Å². The Balaban J connectivity index is 1.73. The van der Waals surface area contributed by atoms with Gasteiger partial charge < -0.3 is 5.32 Å². The number of nitrogens with zero attached hydrogens (tertiary/aromatic N) is 3. The second-order valence-electron chi connectivity index (χ2n) is 7.60. The number of fused-ring (bicyclic) bond motifs is 1. The van der Waals surface area contributed by atoms with Crippen molar-refractivity contribution in [2.45, 2.75) is 40.2 Å². The normalized spacial score (nSPS) is 11.1. The number of pyridine rings is 1. The number of carbonyl (C=O) groups excluding carboxylic acids is 1. The second kappa shape index (κ2) is 8.60. The molecule has 0 aliphatic carbocycles. The van der Waals surface area contributed by atoms with Crippen molar-refractivity contribution in [1.82, 2.24) is 14.3 Å². The summed E-state index contributed by atoms with van der Waals surface area (Å²) in [6.07, 6.45) is 0.626. The van der Waals surface area contributed by atoms with Gasteiger partial charge in [-0.25, -0.2) is 4.68 Å². The van der Waals surface area contributed by atoms with Crippen LogP contribution in [0.25, 0.3) is 16.7 Å². The Morgan fingerprint density at radius 2 is 1.65 bits per heavy atom. The SMILES string of the molecule is CCn1c(=O)c(CCC(=O)Nc2ccccc2)c(C)c2c(C)nn(-c3ccccc3)c21. The summed E-state index contributed by atoms with van der Waals surface area (Å²) in [6.45, 7) is 6.40. The molecule has 1 amide bonds. The van der Waals surface area contributed by atoms with Crippen LogP contribution in [0.5, 0.6) is 0 Å². The molecule has 0 saturated carbocycles. The third kappa shape index (κ3) is 3.89. The molecule has 0 unspecified atom stereocenters. The zero-order valence-electron chi connectivity index (χ0n) is 18.1. The minimum Gasteiger partial charge on any atom is -0.326 e. The summed E-state index contributed by atoms with van der Waals surface area (Å²) in [5.74, 6) is -0.107. The molecule has 2 aromatic heterocycles. The fourth-order valence-corrected chi connectivity index (χ4v) is 4.09. The van der Waals surface area contributed by atoms with Crippen LogP contribution in [0.15, 0.2) is 65.5 Å². The third-order valence-corrected chi connectivity index (χ3v) is 5.60. The smallest absolute Gasteiger partial charge is 0.255 e. The summed E-state index contributed by atoms with van der Waals surface area (Å²) in [6, 6.07) is 19.2. The summed E-state index contributed by atoms with van der Waals surface area (Å²) < 4.78 is 3.61. The van der Waals surface area contributed by atoms with Crippen LogP contribution in [-0.4, -0.2) is 20.3 Å². The Morgan fingerprint density at radius 3 is 2.29 bits per heavy atom. The first-order valence-corrected chi connectivity index (χ1v) is 10.5. The molecule has 31 heavy (non-hydrogen) atoms. The lowest BCUT2D eigenvalue weighted by atomic mass is 10.0. The molecule has 0 fully saturated rings. The summed E-state index contributed by atoms with van der Waals surface area (Å²) in [4.78, 5) is 25.8. The van der Waals surface area contributed by atoms with E-state index >= 15 is 0 Å². The summed E-state index contributed by atoms with van der Waals surface area (Å²) in [7, 11) is 0. The number of anilines is 1. The van der Waals surface area contributed by atoms with Crippen LogP contribution in [0.1, 0.15) is 30.2 Å². The molecule has 1 N–H and O–H groups in total. The molecule has 4 aromatic rings. The Kier molecular flexibility index (Phi) is 5.71. The first-order valence-electron chi connectivity index (χ1n) is 10.5. The number of hydrogen-bond acceptors (Lipinski definition) is 3. The Bertz CT molecular complexity index is 1290. The van der Waals surface area contributed by atoms with E-state index in [1.54, 1.807) is 4.57 Å². The zero-order valence-corrected chi connectivity index (χ0v) is 18.1. The van der Waals surface area contributed by atoms with E-state index in [0.29, 0.717) is 18.5 Å². The molecule has 0 saturated heterocycles. The van der Waals surface area contributed by atoms with Crippen LogP contribution in [0.2, 0.25) is 0 Å². The molecule has 2 heterocycles. The topological polar surface area (TPSA) is 68.9 Å². The highest BCUT2D eigenvalue weighted by atomic mass is 16.1. The van der Waals surface area contributed by atoms with Crippen LogP contribution in [0.4, 0.5) is 5.69 Å². The number of aromatic nitrogens is 3. The number of para-hydroxylation sites is 2. The number of amides is 1. The highest BCUT2D eigenvalue weighted by Gasteiger charge is 2.21. The molecule has 0 radical (unpaired) electrons. The second-order valence-corrected chi connectivity index (χ2v) is 7.60. The van der Waals surface area contributed by atoms with Gasteiger partial charge in [0.15, 0.2) is 0 Å². The fourth-order valence-electron chi connectivity index (χ4n) is 4.09. The minimum absolute atomic E-state index is 0.0582. The van der Waals surface area contributed by atoms with Gasteiger partial charge in [-0.2, -0.15) is 5.10 Å². The van der Waals surface area contributed by atoms with E-state index in [4.69, 9.17) is 5.10 Å². The fraction of sp³-hybridized carbons (Fsp3) is 0.240. The van der Waals surface area contributed by atoms with Crippen molar-refractivity contribution in [2.75, 3.05) is 5.32 Å². The lowest BCUT2D eigenvalue weighted by Gasteiger charge is -2.14. The molecule has 2 aromatic carbocycles. The standard InChI is InChI=1S/C25H26N4O2/c1-4-28-24-23(18(3)27-29(24)20-13-9-6-10-14-20)17(2)21(25(28)31)15-16-22(30)26-19-11-7-5-8-12-19/h5-14H,4,15-16H2,1-3H3,(H,26,30). The predicted octanol–water partition coefficient (Wildman–Crippen LogP) is 4.40. The van der Waals surface area contributed by atoms with Crippen molar-refractivity contribution in [3.8, 4) is 5.69 Å². The number of aryl methyl sites for hydroxylation is 3. The van der Waals surface area contributed by atoms with Crippen molar-refractivity contribution < 1.29 is 4.79 Å². The number of rotatable bonds is 6. The number of benzene rings is 2. The van der Waals surface area contributed by atoms with Gasteiger partial charge in [-0.05, 0) is 57.0 Å². The van der Waals surface area contributed by atoms with E-state index in [-0.39, 0.29) is 17.9 Å². The van der Waals surface area contributed by atoms with Crippen LogP contribution >= 0.6 is 0 Å². The van der Waals surface area contributed by atoms with Crippen LogP contribution in [0.3, 0.4) is 0 Å². The van der Waals surface area contributed by atoms with Gasteiger partial charge in [-0.1, -0.05) is 36.4 Å². The van der Waals surface area contributed by atoms with Crippen molar-refractivity contribution in [2.24, 2.45) is 0 Å². The van der Waals surface area contributed by atoms with Gasteiger partial charge in [0.2, 0.25) is 5.91 Å². The highest BCUT2D eigenvalue weighted by Crippen LogP contribution is 2.26. The van der Waals surface area contributed by atoms with Crippen molar-refractivity contribution in [3.05, 3.63) is 87.8 Å². The molecule has 158 valence electrons. The van der Waals surface area contributed by atoms with Crippen molar-refractivity contribution >= 4 is 22.6 Å². The largest absolute Gasteiger partial charge is 0.326 e. The molecule has 6 nitrogen and oxygen atoms in total. The quantitative estimate of drug-likeness (QED) is 0.509. The van der Waals surface area contributed by atoms with Crippen LogP contribution in [0, 0.1) is 13.8 Å². The Hall–Kier alpha value is -3.67. The average Bonchev–Trinajstić information content (AvgIpc) is 3.12. The maximum absolute atomic E-state index is 13.4. The van der Waals surface area contributed by atoms with Crippen molar-refractivity contribution in [1.29, 1.82) is 0 Å². The van der Waals surface area contributed by atoms with Gasteiger partial charge in [0.1, 0.15) is 5.65 Å². The van der Waals surface area contributed by atoms with Crippen LogP contribution < -0.4 is 10.9 Å².